The van der Waals surface area contributed by atoms with E-state index in [1.807, 2.05) is 0 Å². The SMILES string of the molecule is CC1=C(C(=O)NC(C=O)CCC(=O)NCCC[C@H](N)C(=O)N[C@H](C=O)CC(=O)O)CCC=C1O. The first-order chi connectivity index (χ1) is 16.1. The van der Waals surface area contributed by atoms with Crippen LogP contribution < -0.4 is 21.7 Å². The fourth-order valence-corrected chi connectivity index (χ4v) is 3.23. The average molecular weight is 481 g/mol. The van der Waals surface area contributed by atoms with Crippen molar-refractivity contribution < 1.29 is 39.0 Å². The van der Waals surface area contributed by atoms with Crippen molar-refractivity contribution in [1.29, 1.82) is 0 Å². The molecule has 0 aromatic rings. The molecule has 0 saturated carbocycles. The number of nitrogens with two attached hydrogens (primary N) is 1. The van der Waals surface area contributed by atoms with Crippen molar-refractivity contribution in [3.05, 3.63) is 23.0 Å². The Balaban J connectivity index is 2.33. The second-order valence-electron chi connectivity index (χ2n) is 7.93. The van der Waals surface area contributed by atoms with Gasteiger partial charge in [-0.25, -0.2) is 0 Å². The van der Waals surface area contributed by atoms with Gasteiger partial charge in [0.05, 0.1) is 24.5 Å². The smallest absolute Gasteiger partial charge is 0.305 e. The summed E-state index contributed by atoms with van der Waals surface area (Å²) in [6, 6.07) is -3.00. The van der Waals surface area contributed by atoms with Crippen molar-refractivity contribution in [2.75, 3.05) is 6.54 Å². The molecule has 7 N–H and O–H groups in total. The molecule has 1 unspecified atom stereocenters. The number of amides is 3. The van der Waals surface area contributed by atoms with Gasteiger partial charge in [0.25, 0.3) is 0 Å². The number of carbonyl (C=O) groups excluding carboxylic acids is 5. The standard InChI is InChI=1S/C22H32N4O8/c1-13-16(4-2-6-18(13)29)21(33)25-14(11-27)7-8-19(30)24-9-3-5-17(23)22(34)26-15(12-28)10-20(31)32/h6,11-12,14-15,17,29H,2-5,7-10,23H2,1H3,(H,24,30)(H,25,33)(H,26,34)(H,31,32)/t14?,15-,17-/m0/s1. The number of allylic oxidation sites excluding steroid dienone is 2. The molecule has 1 aliphatic carbocycles. The van der Waals surface area contributed by atoms with Crippen LogP contribution in [0, 0.1) is 0 Å². The molecule has 0 aromatic carbocycles. The second kappa shape index (κ2) is 14.6. The number of carboxylic acids is 1. The normalized spacial score (nSPS) is 15.9. The lowest BCUT2D eigenvalue weighted by molar-refractivity contribution is -0.139. The number of carboxylic acid groups (broad SMARTS) is 1. The molecule has 188 valence electrons. The number of hydrogen-bond donors (Lipinski definition) is 6. The molecule has 0 saturated heterocycles. The van der Waals surface area contributed by atoms with E-state index in [2.05, 4.69) is 16.0 Å². The van der Waals surface area contributed by atoms with Gasteiger partial charge in [-0.1, -0.05) is 0 Å². The van der Waals surface area contributed by atoms with Crippen LogP contribution in [-0.2, 0) is 28.8 Å². The maximum Gasteiger partial charge on any atom is 0.305 e. The van der Waals surface area contributed by atoms with E-state index in [4.69, 9.17) is 10.8 Å². The van der Waals surface area contributed by atoms with Crippen LogP contribution in [0.15, 0.2) is 23.0 Å². The molecule has 0 aromatic heterocycles. The monoisotopic (exact) mass is 480 g/mol. The van der Waals surface area contributed by atoms with E-state index in [1.54, 1.807) is 13.0 Å². The van der Waals surface area contributed by atoms with Crippen LogP contribution in [0.4, 0.5) is 0 Å². The van der Waals surface area contributed by atoms with Crippen molar-refractivity contribution in [1.82, 2.24) is 16.0 Å². The predicted octanol–water partition coefficient (Wildman–Crippen LogP) is -0.615. The van der Waals surface area contributed by atoms with E-state index < -0.39 is 42.3 Å². The minimum Gasteiger partial charge on any atom is -0.508 e. The molecule has 1 aliphatic rings. The fourth-order valence-electron chi connectivity index (χ4n) is 3.23. The Kier molecular flexibility index (Phi) is 12.2. The van der Waals surface area contributed by atoms with Gasteiger partial charge in [-0.15, -0.1) is 0 Å². The molecule has 1 rings (SSSR count). The number of aliphatic hydroxyl groups excluding tert-OH is 1. The van der Waals surface area contributed by atoms with E-state index in [-0.39, 0.29) is 37.5 Å². The third-order valence-corrected chi connectivity index (χ3v) is 5.24. The number of carbonyl (C=O) groups is 6. The van der Waals surface area contributed by atoms with Crippen LogP contribution in [0.1, 0.15) is 51.9 Å². The number of hydrogen-bond acceptors (Lipinski definition) is 8. The van der Waals surface area contributed by atoms with Gasteiger partial charge < -0.3 is 41.5 Å². The average Bonchev–Trinajstić information content (AvgIpc) is 2.79. The lowest BCUT2D eigenvalue weighted by Gasteiger charge is -2.18. The summed E-state index contributed by atoms with van der Waals surface area (Å²) in [5.74, 6) is -2.67. The molecule has 3 amide bonds. The zero-order valence-electron chi connectivity index (χ0n) is 19.0. The highest BCUT2D eigenvalue weighted by Crippen LogP contribution is 2.23. The van der Waals surface area contributed by atoms with Gasteiger partial charge >= 0.3 is 5.97 Å². The highest BCUT2D eigenvalue weighted by molar-refractivity contribution is 5.96. The summed E-state index contributed by atoms with van der Waals surface area (Å²) in [5.41, 5.74) is 6.58. The third-order valence-electron chi connectivity index (χ3n) is 5.24. The molecule has 0 bridgehead atoms. The van der Waals surface area contributed by atoms with Gasteiger partial charge in [-0.3, -0.25) is 19.2 Å². The first kappa shape index (κ1) is 28.5. The van der Waals surface area contributed by atoms with Crippen molar-refractivity contribution in [2.24, 2.45) is 5.73 Å². The van der Waals surface area contributed by atoms with Crippen LogP contribution in [0.5, 0.6) is 0 Å². The summed E-state index contributed by atoms with van der Waals surface area (Å²) < 4.78 is 0. The molecule has 34 heavy (non-hydrogen) atoms. The maximum absolute atomic E-state index is 12.4. The summed E-state index contributed by atoms with van der Waals surface area (Å²) in [5, 5.41) is 25.9. The van der Waals surface area contributed by atoms with E-state index >= 15 is 0 Å². The number of aliphatic hydroxyl groups is 1. The molecule has 12 heteroatoms. The van der Waals surface area contributed by atoms with Crippen LogP contribution in [0.25, 0.3) is 0 Å². The Morgan fingerprint density at radius 1 is 1.12 bits per heavy atom. The van der Waals surface area contributed by atoms with Crippen LogP contribution >= 0.6 is 0 Å². The first-order valence-electron chi connectivity index (χ1n) is 10.9. The molecule has 0 heterocycles. The van der Waals surface area contributed by atoms with Gasteiger partial charge in [-0.2, -0.15) is 0 Å². The summed E-state index contributed by atoms with van der Waals surface area (Å²) in [7, 11) is 0. The summed E-state index contributed by atoms with van der Waals surface area (Å²) in [6.45, 7) is 1.83. The van der Waals surface area contributed by atoms with Gasteiger partial charge in [0.15, 0.2) is 0 Å². The molecule has 0 radical (unpaired) electrons. The molecule has 0 aliphatic heterocycles. The van der Waals surface area contributed by atoms with Crippen LogP contribution in [0.3, 0.4) is 0 Å². The lowest BCUT2D eigenvalue weighted by Crippen LogP contribution is -2.47. The zero-order valence-corrected chi connectivity index (χ0v) is 19.0. The van der Waals surface area contributed by atoms with Gasteiger partial charge in [0, 0.05) is 18.5 Å². The number of aldehydes is 2. The van der Waals surface area contributed by atoms with Crippen molar-refractivity contribution in [2.45, 2.75) is 70.0 Å². The maximum atomic E-state index is 12.4. The highest BCUT2D eigenvalue weighted by Gasteiger charge is 2.22. The fraction of sp³-hybridized carbons (Fsp3) is 0.545. The van der Waals surface area contributed by atoms with Crippen molar-refractivity contribution in [3.63, 3.8) is 0 Å². The van der Waals surface area contributed by atoms with E-state index in [0.29, 0.717) is 43.0 Å². The van der Waals surface area contributed by atoms with Gasteiger partial charge in [0.2, 0.25) is 17.7 Å². The zero-order chi connectivity index (χ0) is 25.7. The summed E-state index contributed by atoms with van der Waals surface area (Å²) in [4.78, 5) is 69.0. The largest absolute Gasteiger partial charge is 0.508 e. The molecule has 12 nitrogen and oxygen atoms in total. The lowest BCUT2D eigenvalue weighted by atomic mass is 9.96. The second-order valence-corrected chi connectivity index (χ2v) is 7.93. The molecular weight excluding hydrogens is 448 g/mol. The van der Waals surface area contributed by atoms with Crippen LogP contribution in [-0.4, -0.2) is 71.1 Å². The number of nitrogens with one attached hydrogen (secondary N) is 3. The topological polar surface area (TPSA) is 205 Å². The molecule has 0 spiro atoms. The summed E-state index contributed by atoms with van der Waals surface area (Å²) >= 11 is 0. The first-order valence-corrected chi connectivity index (χ1v) is 10.9. The molecule has 0 fully saturated rings. The van der Waals surface area contributed by atoms with Gasteiger partial charge in [0.1, 0.15) is 18.3 Å². The Morgan fingerprint density at radius 3 is 2.41 bits per heavy atom. The van der Waals surface area contributed by atoms with E-state index in [1.165, 1.54) is 0 Å². The van der Waals surface area contributed by atoms with Crippen LogP contribution in [0.2, 0.25) is 0 Å². The summed E-state index contributed by atoms with van der Waals surface area (Å²) in [6.07, 6.45) is 3.52. The highest BCUT2D eigenvalue weighted by atomic mass is 16.4. The quantitative estimate of drug-likeness (QED) is 0.130. The predicted molar refractivity (Wildman–Crippen MR) is 120 cm³/mol. The molecule has 3 atom stereocenters. The minimum atomic E-state index is -1.23. The third kappa shape index (κ3) is 9.94. The number of rotatable bonds is 15. The Bertz CT molecular complexity index is 852. The Hall–Kier alpha value is -3.54. The van der Waals surface area contributed by atoms with Crippen molar-refractivity contribution >= 4 is 36.3 Å². The molecular formula is C22H32N4O8. The Morgan fingerprint density at radius 2 is 1.79 bits per heavy atom. The number of aliphatic carboxylic acids is 1. The van der Waals surface area contributed by atoms with E-state index in [9.17, 15) is 33.9 Å². The van der Waals surface area contributed by atoms with Gasteiger partial charge in [-0.05, 0) is 50.7 Å². The minimum absolute atomic E-state index is 0.0182. The van der Waals surface area contributed by atoms with Crippen molar-refractivity contribution in [3.8, 4) is 0 Å². The van der Waals surface area contributed by atoms with E-state index in [0.717, 1.165) is 0 Å². The Labute approximate surface area is 197 Å².